The third-order valence-corrected chi connectivity index (χ3v) is 10.9. The van der Waals surface area contributed by atoms with Crippen molar-refractivity contribution < 1.29 is 25.8 Å². The second-order valence-electron chi connectivity index (χ2n) is 14.1. The van der Waals surface area contributed by atoms with Crippen molar-refractivity contribution in [2.24, 2.45) is 0 Å². The van der Waals surface area contributed by atoms with Crippen molar-refractivity contribution in [2.75, 3.05) is 11.9 Å². The number of para-hydroxylation sites is 3. The van der Waals surface area contributed by atoms with Crippen LogP contribution in [0.15, 0.2) is 176 Å². The van der Waals surface area contributed by atoms with Gasteiger partial charge in [-0.25, -0.2) is 4.98 Å². The minimum absolute atomic E-state index is 0. The van der Waals surface area contributed by atoms with Crippen LogP contribution in [0.25, 0.3) is 72.3 Å². The molecular formula is C49H32BN5OPt. The van der Waals surface area contributed by atoms with Gasteiger partial charge in [0.05, 0.1) is 5.52 Å². The molecule has 0 spiro atoms. The molecular weight excluding hydrogens is 880 g/mol. The SMILES string of the molecule is CN1B(c2c(-c3ccccc3)cccc2-c2ccccc2)n2c(nc3ccccc32)-c2[c-]c(Oc3[c-]c4c(cc3)c3ccccc3n4-c3ccccn3)ccc21.[Pt+2]. The van der Waals surface area contributed by atoms with E-state index in [1.807, 2.05) is 42.6 Å². The fraction of sp³-hybridized carbons (Fsp3) is 0.0204. The smallest absolute Gasteiger partial charge is 0.503 e. The van der Waals surface area contributed by atoms with Gasteiger partial charge >= 0.3 is 28.0 Å². The van der Waals surface area contributed by atoms with E-state index >= 15 is 0 Å². The summed E-state index contributed by atoms with van der Waals surface area (Å²) in [7, 11) is 2.17. The fourth-order valence-corrected chi connectivity index (χ4v) is 8.45. The maximum Gasteiger partial charge on any atom is 2.00 e. The Kier molecular flexibility index (Phi) is 8.61. The molecule has 4 heterocycles. The van der Waals surface area contributed by atoms with Gasteiger partial charge in [-0.3, -0.25) is 4.98 Å². The van der Waals surface area contributed by atoms with Crippen molar-refractivity contribution in [3.05, 3.63) is 188 Å². The zero-order valence-electron chi connectivity index (χ0n) is 30.8. The number of rotatable bonds is 6. The summed E-state index contributed by atoms with van der Waals surface area (Å²) >= 11 is 0. The molecule has 8 heteroatoms. The summed E-state index contributed by atoms with van der Waals surface area (Å²) in [5, 5.41) is 2.22. The molecule has 0 fully saturated rings. The van der Waals surface area contributed by atoms with Crippen LogP contribution < -0.4 is 15.0 Å². The van der Waals surface area contributed by atoms with Gasteiger partial charge in [-0.15, -0.1) is 23.6 Å². The number of nitrogens with zero attached hydrogens (tertiary/aromatic N) is 5. The molecule has 0 amide bonds. The first-order valence-electron chi connectivity index (χ1n) is 18.8. The summed E-state index contributed by atoms with van der Waals surface area (Å²) in [6.07, 6.45) is 1.82. The van der Waals surface area contributed by atoms with Gasteiger partial charge in [-0.2, -0.15) is 6.07 Å². The number of imidazole rings is 1. The molecule has 1 aliphatic heterocycles. The van der Waals surface area contributed by atoms with Gasteiger partial charge in [-0.1, -0.05) is 144 Å². The Hall–Kier alpha value is -6.69. The molecule has 0 bridgehead atoms. The topological polar surface area (TPSA) is 48.1 Å². The van der Waals surface area contributed by atoms with E-state index in [0.717, 1.165) is 66.9 Å². The molecule has 0 atom stereocenters. The van der Waals surface area contributed by atoms with Crippen molar-refractivity contribution in [2.45, 2.75) is 0 Å². The molecule has 0 saturated heterocycles. The van der Waals surface area contributed by atoms with E-state index in [2.05, 4.69) is 171 Å². The molecule has 10 aromatic rings. The molecule has 6 nitrogen and oxygen atoms in total. The number of fused-ring (bicyclic) bond motifs is 8. The first-order chi connectivity index (χ1) is 27.7. The average molecular weight is 913 g/mol. The Balaban J connectivity index is 0.00000396. The number of aromatic nitrogens is 4. The molecule has 0 radical (unpaired) electrons. The zero-order chi connectivity index (χ0) is 37.2. The van der Waals surface area contributed by atoms with Crippen molar-refractivity contribution in [3.63, 3.8) is 0 Å². The van der Waals surface area contributed by atoms with Crippen LogP contribution in [0.1, 0.15) is 0 Å². The molecule has 0 aliphatic carbocycles. The largest absolute Gasteiger partial charge is 2.00 e. The number of anilines is 1. The summed E-state index contributed by atoms with van der Waals surface area (Å²) in [6.45, 7) is -0.221. The predicted octanol–water partition coefficient (Wildman–Crippen LogP) is 10.6. The Bertz CT molecular complexity index is 3030. The van der Waals surface area contributed by atoms with E-state index in [-0.39, 0.29) is 28.0 Å². The Labute approximate surface area is 345 Å². The minimum Gasteiger partial charge on any atom is -0.503 e. The summed E-state index contributed by atoms with van der Waals surface area (Å²) < 4.78 is 11.1. The summed E-state index contributed by atoms with van der Waals surface area (Å²) in [4.78, 5) is 12.3. The number of hydrogen-bond donors (Lipinski definition) is 0. The van der Waals surface area contributed by atoms with Crippen molar-refractivity contribution in [3.8, 4) is 51.0 Å². The van der Waals surface area contributed by atoms with Gasteiger partial charge in [0.25, 0.3) is 0 Å². The van der Waals surface area contributed by atoms with Crippen LogP contribution in [-0.2, 0) is 21.1 Å². The first-order valence-corrected chi connectivity index (χ1v) is 18.8. The number of ether oxygens (including phenoxy) is 1. The van der Waals surface area contributed by atoms with Crippen LogP contribution in [0.2, 0.25) is 0 Å². The molecule has 0 unspecified atom stereocenters. The van der Waals surface area contributed by atoms with Crippen LogP contribution in [0, 0.1) is 12.1 Å². The van der Waals surface area contributed by atoms with E-state index in [4.69, 9.17) is 9.72 Å². The van der Waals surface area contributed by atoms with E-state index in [1.54, 1.807) is 0 Å². The minimum atomic E-state index is -0.221. The Morgan fingerprint density at radius 3 is 1.96 bits per heavy atom. The van der Waals surface area contributed by atoms with E-state index in [9.17, 15) is 0 Å². The number of benzene rings is 7. The van der Waals surface area contributed by atoms with Crippen molar-refractivity contribution in [1.82, 2.24) is 19.0 Å². The Morgan fingerprint density at radius 1 is 0.579 bits per heavy atom. The van der Waals surface area contributed by atoms with Gasteiger partial charge in [0, 0.05) is 34.6 Å². The quantitative estimate of drug-likeness (QED) is 0.123. The van der Waals surface area contributed by atoms with Gasteiger partial charge < -0.3 is 18.6 Å². The molecule has 7 aromatic carbocycles. The normalized spacial score (nSPS) is 12.1. The first kappa shape index (κ1) is 34.8. The van der Waals surface area contributed by atoms with Crippen LogP contribution in [0.3, 0.4) is 0 Å². The van der Waals surface area contributed by atoms with E-state index in [1.165, 1.54) is 16.6 Å². The van der Waals surface area contributed by atoms with Crippen LogP contribution in [0.5, 0.6) is 11.5 Å². The summed E-state index contributed by atoms with van der Waals surface area (Å²) in [6, 6.07) is 66.2. The number of pyridine rings is 1. The molecule has 11 rings (SSSR count). The third-order valence-electron chi connectivity index (χ3n) is 10.9. The third kappa shape index (κ3) is 5.69. The Morgan fingerprint density at radius 2 is 1.23 bits per heavy atom. The number of hydrogen-bond acceptors (Lipinski definition) is 4. The monoisotopic (exact) mass is 912 g/mol. The van der Waals surface area contributed by atoms with E-state index < -0.39 is 0 Å². The summed E-state index contributed by atoms with van der Waals surface area (Å²) in [5.41, 5.74) is 11.7. The van der Waals surface area contributed by atoms with Gasteiger partial charge in [0.1, 0.15) is 5.82 Å². The second kappa shape index (κ2) is 14.1. The van der Waals surface area contributed by atoms with Gasteiger partial charge in [0.2, 0.25) is 0 Å². The maximum atomic E-state index is 6.63. The summed E-state index contributed by atoms with van der Waals surface area (Å²) in [5.74, 6) is 2.84. The van der Waals surface area contributed by atoms with Crippen LogP contribution in [0.4, 0.5) is 5.69 Å². The van der Waals surface area contributed by atoms with Crippen LogP contribution >= 0.6 is 0 Å². The molecule has 0 saturated carbocycles. The van der Waals surface area contributed by atoms with Gasteiger partial charge in [-0.05, 0) is 70.5 Å². The molecule has 1 aliphatic rings. The second-order valence-corrected chi connectivity index (χ2v) is 14.1. The maximum absolute atomic E-state index is 6.63. The standard InChI is InChI=1S/C49H32BN5O.Pt/c1-53-43-29-27-35(56-36-26-28-40-39-19-8-10-23-44(39)54(46(40)32-36)47-25-12-13-30-51-47)31-41(43)49-52-42-22-9-11-24-45(42)55(49)50(53)48-37(33-15-4-2-5-16-33)20-14-21-38(48)34-17-6-3-7-18-34;/h2-30H,1H3;/q-2;+2. The zero-order valence-corrected chi connectivity index (χ0v) is 33.1. The van der Waals surface area contributed by atoms with Crippen LogP contribution in [-0.4, -0.2) is 33.0 Å². The molecule has 57 heavy (non-hydrogen) atoms. The van der Waals surface area contributed by atoms with Crippen molar-refractivity contribution in [1.29, 1.82) is 0 Å². The molecule has 0 N–H and O–H groups in total. The molecule has 272 valence electrons. The van der Waals surface area contributed by atoms with Crippen molar-refractivity contribution >= 4 is 51.0 Å². The predicted molar refractivity (Wildman–Crippen MR) is 228 cm³/mol. The van der Waals surface area contributed by atoms with Gasteiger partial charge in [0.15, 0.2) is 0 Å². The average Bonchev–Trinajstić information content (AvgIpc) is 3.81. The fourth-order valence-electron chi connectivity index (χ4n) is 8.45. The van der Waals surface area contributed by atoms with E-state index in [0.29, 0.717) is 11.5 Å². The molecule has 3 aromatic heterocycles.